The SMILES string of the molecule is CCc1nc(SCC(=O)N2C[C@@H]3c4ccccc4OC[C@]3(CO)C2)n[nH]1. The monoisotopic (exact) mass is 374 g/mol. The molecule has 26 heavy (non-hydrogen) atoms. The number of carbonyl (C=O) groups excluding carboxylic acids is 1. The molecule has 1 amide bonds. The molecule has 0 aliphatic carbocycles. The average molecular weight is 374 g/mol. The van der Waals surface area contributed by atoms with Gasteiger partial charge in [0.05, 0.1) is 24.4 Å². The molecule has 0 spiro atoms. The highest BCUT2D eigenvalue weighted by Crippen LogP contribution is 2.49. The highest BCUT2D eigenvalue weighted by Gasteiger charge is 2.51. The smallest absolute Gasteiger partial charge is 0.233 e. The lowest BCUT2D eigenvalue weighted by Crippen LogP contribution is -2.42. The number of thioether (sulfide) groups is 1. The molecule has 1 aromatic heterocycles. The van der Waals surface area contributed by atoms with Crippen LogP contribution in [-0.4, -0.2) is 63.2 Å². The van der Waals surface area contributed by atoms with Crippen molar-refractivity contribution in [3.8, 4) is 5.75 Å². The molecule has 0 saturated carbocycles. The van der Waals surface area contributed by atoms with E-state index in [9.17, 15) is 9.90 Å². The first-order chi connectivity index (χ1) is 12.6. The predicted octanol–water partition coefficient (Wildman–Crippen LogP) is 1.46. The van der Waals surface area contributed by atoms with Gasteiger partial charge in [0.15, 0.2) is 0 Å². The first-order valence-electron chi connectivity index (χ1n) is 8.79. The molecule has 0 unspecified atom stereocenters. The molecule has 8 heteroatoms. The van der Waals surface area contributed by atoms with Gasteiger partial charge < -0.3 is 14.7 Å². The van der Waals surface area contributed by atoms with Crippen molar-refractivity contribution < 1.29 is 14.6 Å². The van der Waals surface area contributed by atoms with E-state index in [2.05, 4.69) is 15.2 Å². The number of hydrogen-bond acceptors (Lipinski definition) is 6. The summed E-state index contributed by atoms with van der Waals surface area (Å²) >= 11 is 1.34. The molecule has 138 valence electrons. The van der Waals surface area contributed by atoms with E-state index in [0.29, 0.717) is 24.9 Å². The number of fused-ring (bicyclic) bond motifs is 3. The Morgan fingerprint density at radius 3 is 3.12 bits per heavy atom. The zero-order valence-electron chi connectivity index (χ0n) is 14.6. The second-order valence-corrected chi connectivity index (χ2v) is 7.82. The van der Waals surface area contributed by atoms with Crippen molar-refractivity contribution in [2.45, 2.75) is 24.4 Å². The van der Waals surface area contributed by atoms with Gasteiger partial charge >= 0.3 is 0 Å². The van der Waals surface area contributed by atoms with Gasteiger partial charge in [-0.15, -0.1) is 5.10 Å². The maximum Gasteiger partial charge on any atom is 0.233 e. The number of aromatic amines is 1. The van der Waals surface area contributed by atoms with Crippen LogP contribution in [0.4, 0.5) is 0 Å². The predicted molar refractivity (Wildman–Crippen MR) is 97.3 cm³/mol. The highest BCUT2D eigenvalue weighted by molar-refractivity contribution is 7.99. The van der Waals surface area contributed by atoms with Crippen molar-refractivity contribution in [1.82, 2.24) is 20.1 Å². The minimum absolute atomic E-state index is 0.00368. The van der Waals surface area contributed by atoms with Crippen molar-refractivity contribution in [3.63, 3.8) is 0 Å². The maximum atomic E-state index is 12.7. The standard InChI is InChI=1S/C18H22N4O3S/c1-2-15-19-17(21-20-15)26-8-16(24)22-7-13-12-5-3-4-6-14(12)25-11-18(13,9-22)10-23/h3-6,13,23H,2,7-11H2,1H3,(H,19,20,21)/t13-,18-/m1/s1. The number of nitrogens with one attached hydrogen (secondary N) is 1. The van der Waals surface area contributed by atoms with E-state index >= 15 is 0 Å². The first kappa shape index (κ1) is 17.4. The molecular weight excluding hydrogens is 352 g/mol. The third-order valence-electron chi connectivity index (χ3n) is 5.30. The Labute approximate surface area is 156 Å². The molecule has 2 aliphatic heterocycles. The molecule has 2 aromatic rings. The number of ether oxygens (including phenoxy) is 1. The fourth-order valence-electron chi connectivity index (χ4n) is 3.78. The topological polar surface area (TPSA) is 91.3 Å². The normalized spacial score (nSPS) is 24.1. The van der Waals surface area contributed by atoms with E-state index in [1.165, 1.54) is 11.8 Å². The summed E-state index contributed by atoms with van der Waals surface area (Å²) < 4.78 is 5.88. The van der Waals surface area contributed by atoms with E-state index in [-0.39, 0.29) is 24.2 Å². The van der Waals surface area contributed by atoms with Gasteiger partial charge in [-0.2, -0.15) is 0 Å². The van der Waals surface area contributed by atoms with Crippen LogP contribution in [0.1, 0.15) is 24.2 Å². The van der Waals surface area contributed by atoms with Crippen molar-refractivity contribution in [1.29, 1.82) is 0 Å². The van der Waals surface area contributed by atoms with Crippen LogP contribution in [0.5, 0.6) is 5.75 Å². The Morgan fingerprint density at radius 1 is 1.50 bits per heavy atom. The van der Waals surface area contributed by atoms with Crippen LogP contribution in [0.25, 0.3) is 0 Å². The maximum absolute atomic E-state index is 12.7. The number of carbonyl (C=O) groups is 1. The summed E-state index contributed by atoms with van der Waals surface area (Å²) in [6.45, 7) is 3.55. The van der Waals surface area contributed by atoms with E-state index in [1.54, 1.807) is 0 Å². The van der Waals surface area contributed by atoms with Crippen LogP contribution < -0.4 is 4.74 Å². The van der Waals surface area contributed by atoms with Gasteiger partial charge in [0.1, 0.15) is 11.6 Å². The number of H-pyrrole nitrogens is 1. The number of rotatable bonds is 5. The third kappa shape index (κ3) is 2.97. The van der Waals surface area contributed by atoms with Gasteiger partial charge in [0.2, 0.25) is 11.1 Å². The quantitative estimate of drug-likeness (QED) is 0.770. The number of aliphatic hydroxyl groups is 1. The summed E-state index contributed by atoms with van der Waals surface area (Å²) in [6.07, 6.45) is 0.785. The number of hydrogen-bond donors (Lipinski definition) is 2. The fraction of sp³-hybridized carbons (Fsp3) is 0.500. The molecular formula is C18H22N4O3S. The number of likely N-dealkylation sites (tertiary alicyclic amines) is 1. The number of aliphatic hydroxyl groups excluding tert-OH is 1. The molecule has 2 atom stereocenters. The summed E-state index contributed by atoms with van der Waals surface area (Å²) in [5, 5.41) is 17.6. The number of nitrogens with zero attached hydrogens (tertiary/aromatic N) is 3. The number of para-hydroxylation sites is 1. The van der Waals surface area contributed by atoms with Crippen LogP contribution in [0, 0.1) is 5.41 Å². The average Bonchev–Trinajstić information content (AvgIpc) is 3.31. The van der Waals surface area contributed by atoms with E-state index in [1.807, 2.05) is 36.1 Å². The molecule has 0 bridgehead atoms. The van der Waals surface area contributed by atoms with Crippen molar-refractivity contribution in [2.24, 2.45) is 5.41 Å². The molecule has 1 saturated heterocycles. The number of amides is 1. The lowest BCUT2D eigenvalue weighted by molar-refractivity contribution is -0.127. The minimum atomic E-state index is -0.422. The molecule has 7 nitrogen and oxygen atoms in total. The first-order valence-corrected chi connectivity index (χ1v) is 9.78. The molecule has 3 heterocycles. The van der Waals surface area contributed by atoms with Crippen molar-refractivity contribution >= 4 is 17.7 Å². The Hall–Kier alpha value is -2.06. The summed E-state index contributed by atoms with van der Waals surface area (Å²) in [7, 11) is 0. The van der Waals surface area contributed by atoms with Crippen LogP contribution in [-0.2, 0) is 11.2 Å². The summed E-state index contributed by atoms with van der Waals surface area (Å²) in [5.74, 6) is 2.11. The van der Waals surface area contributed by atoms with Gasteiger partial charge in [-0.25, -0.2) is 4.98 Å². The van der Waals surface area contributed by atoms with Crippen LogP contribution in [0.2, 0.25) is 0 Å². The zero-order valence-corrected chi connectivity index (χ0v) is 15.5. The molecule has 0 radical (unpaired) electrons. The Kier molecular flexibility index (Phi) is 4.62. The third-order valence-corrected chi connectivity index (χ3v) is 6.13. The van der Waals surface area contributed by atoms with Gasteiger partial charge in [-0.1, -0.05) is 36.9 Å². The number of aromatic nitrogens is 3. The van der Waals surface area contributed by atoms with Crippen LogP contribution in [0.3, 0.4) is 0 Å². The highest BCUT2D eigenvalue weighted by atomic mass is 32.2. The van der Waals surface area contributed by atoms with Crippen molar-refractivity contribution in [2.75, 3.05) is 32.1 Å². The molecule has 4 rings (SSSR count). The summed E-state index contributed by atoms with van der Waals surface area (Å²) in [5.41, 5.74) is 0.659. The van der Waals surface area contributed by atoms with Crippen molar-refractivity contribution in [3.05, 3.63) is 35.7 Å². The van der Waals surface area contributed by atoms with Gasteiger partial charge in [-0.3, -0.25) is 9.89 Å². The van der Waals surface area contributed by atoms with E-state index in [0.717, 1.165) is 23.6 Å². The van der Waals surface area contributed by atoms with Gasteiger partial charge in [0.25, 0.3) is 0 Å². The fourth-order valence-corrected chi connectivity index (χ4v) is 4.50. The largest absolute Gasteiger partial charge is 0.493 e. The molecule has 2 N–H and O–H groups in total. The van der Waals surface area contributed by atoms with Crippen LogP contribution >= 0.6 is 11.8 Å². The summed E-state index contributed by atoms with van der Waals surface area (Å²) in [6, 6.07) is 7.91. The zero-order chi connectivity index (χ0) is 18.1. The Balaban J connectivity index is 1.46. The Bertz CT molecular complexity index is 811. The van der Waals surface area contributed by atoms with E-state index in [4.69, 9.17) is 4.74 Å². The second-order valence-electron chi connectivity index (χ2n) is 6.88. The lowest BCUT2D eigenvalue weighted by atomic mass is 9.74. The Morgan fingerprint density at radius 2 is 2.35 bits per heavy atom. The van der Waals surface area contributed by atoms with Gasteiger partial charge in [0, 0.05) is 25.4 Å². The second kappa shape index (κ2) is 6.92. The lowest BCUT2D eigenvalue weighted by Gasteiger charge is -2.37. The molecule has 1 fully saturated rings. The molecule has 1 aromatic carbocycles. The van der Waals surface area contributed by atoms with Gasteiger partial charge in [-0.05, 0) is 11.6 Å². The minimum Gasteiger partial charge on any atom is -0.493 e. The summed E-state index contributed by atoms with van der Waals surface area (Å²) in [4.78, 5) is 18.9. The van der Waals surface area contributed by atoms with Crippen LogP contribution in [0.15, 0.2) is 29.4 Å². The number of benzene rings is 1. The van der Waals surface area contributed by atoms with E-state index < -0.39 is 5.41 Å². The number of aryl methyl sites for hydroxylation is 1. The molecule has 2 aliphatic rings.